The van der Waals surface area contributed by atoms with E-state index in [1.165, 1.54) is 11.0 Å². The van der Waals surface area contributed by atoms with Crippen LogP contribution in [0, 0.1) is 0 Å². The molecule has 1 saturated heterocycles. The lowest BCUT2D eigenvalue weighted by Gasteiger charge is -2.16. The van der Waals surface area contributed by atoms with E-state index in [-0.39, 0.29) is 6.04 Å². The van der Waals surface area contributed by atoms with Crippen molar-refractivity contribution in [3.63, 3.8) is 0 Å². The van der Waals surface area contributed by atoms with Gasteiger partial charge in [-0.2, -0.15) is 0 Å². The van der Waals surface area contributed by atoms with Gasteiger partial charge in [-0.25, -0.2) is 13.1 Å². The molecule has 0 radical (unpaired) electrons. The van der Waals surface area contributed by atoms with Gasteiger partial charge in [-0.3, -0.25) is 4.90 Å². The lowest BCUT2D eigenvalue weighted by Crippen LogP contribution is -2.35. The third-order valence-electron chi connectivity index (χ3n) is 4.09. The molecule has 1 fully saturated rings. The highest BCUT2D eigenvalue weighted by molar-refractivity contribution is 7.92. The molecule has 126 valence electrons. The molecule has 2 aromatic carbocycles. The van der Waals surface area contributed by atoms with Crippen LogP contribution in [0.5, 0.6) is 0 Å². The number of sulfonamides is 1. The fourth-order valence-corrected chi connectivity index (χ4v) is 3.99. The van der Waals surface area contributed by atoms with Gasteiger partial charge in [0.1, 0.15) is 0 Å². The maximum absolute atomic E-state index is 12.2. The molecular weight excluding hydrogens is 320 g/mol. The second kappa shape index (κ2) is 7.75. The molecule has 1 aliphatic heterocycles. The van der Waals surface area contributed by atoms with Crippen LogP contribution >= 0.6 is 0 Å². The van der Waals surface area contributed by atoms with Gasteiger partial charge in [0, 0.05) is 31.1 Å². The quantitative estimate of drug-likeness (QED) is 0.878. The summed E-state index contributed by atoms with van der Waals surface area (Å²) in [5.41, 5.74) is 2.13. The molecule has 1 heterocycles. The Morgan fingerprint density at radius 1 is 1.04 bits per heavy atom. The van der Waals surface area contributed by atoms with Gasteiger partial charge in [0.15, 0.2) is 0 Å². The highest BCUT2D eigenvalue weighted by Gasteiger charge is 2.25. The third kappa shape index (κ3) is 5.03. The van der Waals surface area contributed by atoms with Crippen LogP contribution in [0.25, 0.3) is 6.08 Å². The van der Waals surface area contributed by atoms with Gasteiger partial charge in [0.25, 0.3) is 0 Å². The monoisotopic (exact) mass is 342 g/mol. The SMILES string of the molecule is O=S(=O)(/C=C\c1ccccc1)N[C@H]1CCN(Cc2ccccc2)C1. The van der Waals surface area contributed by atoms with Gasteiger partial charge in [-0.05, 0) is 23.6 Å². The second-order valence-corrected chi connectivity index (χ2v) is 7.68. The molecular formula is C19H22N2O2S. The van der Waals surface area contributed by atoms with Crippen molar-refractivity contribution in [1.82, 2.24) is 9.62 Å². The van der Waals surface area contributed by atoms with Gasteiger partial charge in [0.05, 0.1) is 0 Å². The molecule has 24 heavy (non-hydrogen) atoms. The fourth-order valence-electron chi connectivity index (χ4n) is 2.92. The molecule has 0 amide bonds. The summed E-state index contributed by atoms with van der Waals surface area (Å²) in [6.07, 6.45) is 2.46. The highest BCUT2D eigenvalue weighted by Crippen LogP contribution is 2.14. The first-order valence-corrected chi connectivity index (χ1v) is 9.67. The van der Waals surface area contributed by atoms with E-state index in [4.69, 9.17) is 0 Å². The molecule has 3 rings (SSSR count). The summed E-state index contributed by atoms with van der Waals surface area (Å²) in [6, 6.07) is 19.7. The minimum atomic E-state index is -3.42. The van der Waals surface area contributed by atoms with Crippen LogP contribution in [-0.2, 0) is 16.6 Å². The minimum absolute atomic E-state index is 0.0286. The van der Waals surface area contributed by atoms with Crippen LogP contribution in [0.4, 0.5) is 0 Å². The van der Waals surface area contributed by atoms with E-state index in [0.29, 0.717) is 0 Å². The Labute approximate surface area is 143 Å². The van der Waals surface area contributed by atoms with Crippen molar-refractivity contribution in [2.24, 2.45) is 0 Å². The molecule has 0 saturated carbocycles. The van der Waals surface area contributed by atoms with E-state index in [0.717, 1.165) is 31.6 Å². The number of benzene rings is 2. The first-order chi connectivity index (χ1) is 11.6. The molecule has 0 aromatic heterocycles. The molecule has 1 atom stereocenters. The van der Waals surface area contributed by atoms with Crippen LogP contribution < -0.4 is 4.72 Å². The Kier molecular flexibility index (Phi) is 5.45. The normalized spacial score (nSPS) is 19.1. The lowest BCUT2D eigenvalue weighted by atomic mass is 10.2. The van der Waals surface area contributed by atoms with E-state index in [2.05, 4.69) is 21.8 Å². The summed E-state index contributed by atoms with van der Waals surface area (Å²) >= 11 is 0. The molecule has 0 spiro atoms. The van der Waals surface area contributed by atoms with E-state index < -0.39 is 10.0 Å². The van der Waals surface area contributed by atoms with Crippen LogP contribution in [0.1, 0.15) is 17.5 Å². The molecule has 2 aromatic rings. The standard InChI is InChI=1S/C19H22N2O2S/c22-24(23,14-12-17-7-3-1-4-8-17)20-19-11-13-21(16-19)15-18-9-5-2-6-10-18/h1-10,12,14,19-20H,11,13,15-16H2/b14-12-/t19-/m0/s1. The van der Waals surface area contributed by atoms with Gasteiger partial charge < -0.3 is 0 Å². The molecule has 1 N–H and O–H groups in total. The van der Waals surface area contributed by atoms with Crippen LogP contribution in [0.3, 0.4) is 0 Å². The zero-order valence-corrected chi connectivity index (χ0v) is 14.3. The third-order valence-corrected chi connectivity index (χ3v) is 5.25. The molecule has 5 heteroatoms. The number of nitrogens with one attached hydrogen (secondary N) is 1. The summed E-state index contributed by atoms with van der Waals surface area (Å²) in [7, 11) is -3.42. The van der Waals surface area contributed by atoms with Crippen LogP contribution in [0.2, 0.25) is 0 Å². The number of hydrogen-bond donors (Lipinski definition) is 1. The van der Waals surface area contributed by atoms with Gasteiger partial charge in [-0.15, -0.1) is 0 Å². The van der Waals surface area contributed by atoms with Crippen LogP contribution in [-0.4, -0.2) is 32.4 Å². The first-order valence-electron chi connectivity index (χ1n) is 8.12. The molecule has 0 aliphatic carbocycles. The van der Waals surface area contributed by atoms with Crippen molar-refractivity contribution in [1.29, 1.82) is 0 Å². The Morgan fingerprint density at radius 2 is 1.71 bits per heavy atom. The van der Waals surface area contributed by atoms with E-state index in [9.17, 15) is 8.42 Å². The first kappa shape index (κ1) is 16.9. The average molecular weight is 342 g/mol. The smallest absolute Gasteiger partial charge is 0.234 e. The van der Waals surface area contributed by atoms with Crippen molar-refractivity contribution in [3.8, 4) is 0 Å². The Bertz CT molecular complexity index is 774. The van der Waals surface area contributed by atoms with Crippen molar-refractivity contribution < 1.29 is 8.42 Å². The maximum Gasteiger partial charge on any atom is 0.234 e. The van der Waals surface area contributed by atoms with E-state index >= 15 is 0 Å². The highest BCUT2D eigenvalue weighted by atomic mass is 32.2. The molecule has 4 nitrogen and oxygen atoms in total. The van der Waals surface area contributed by atoms with E-state index in [1.54, 1.807) is 6.08 Å². The predicted molar refractivity (Wildman–Crippen MR) is 97.7 cm³/mol. The summed E-state index contributed by atoms with van der Waals surface area (Å²) in [5, 5.41) is 1.25. The predicted octanol–water partition coefficient (Wildman–Crippen LogP) is 2.85. The maximum atomic E-state index is 12.2. The van der Waals surface area contributed by atoms with Crippen molar-refractivity contribution >= 4 is 16.1 Å². The zero-order chi connectivity index (χ0) is 16.8. The van der Waals surface area contributed by atoms with Gasteiger partial charge in [0.2, 0.25) is 10.0 Å². The van der Waals surface area contributed by atoms with Gasteiger partial charge >= 0.3 is 0 Å². The summed E-state index contributed by atoms with van der Waals surface area (Å²) < 4.78 is 27.2. The summed E-state index contributed by atoms with van der Waals surface area (Å²) in [5.74, 6) is 0. The minimum Gasteiger partial charge on any atom is -0.297 e. The lowest BCUT2D eigenvalue weighted by molar-refractivity contribution is 0.325. The van der Waals surface area contributed by atoms with Gasteiger partial charge in [-0.1, -0.05) is 60.7 Å². The zero-order valence-electron chi connectivity index (χ0n) is 13.5. The number of nitrogens with zero attached hydrogens (tertiary/aromatic N) is 1. The molecule has 1 aliphatic rings. The van der Waals surface area contributed by atoms with Crippen molar-refractivity contribution in [3.05, 3.63) is 77.2 Å². The topological polar surface area (TPSA) is 49.4 Å². The summed E-state index contributed by atoms with van der Waals surface area (Å²) in [6.45, 7) is 2.51. The Hall–Kier alpha value is -1.95. The average Bonchev–Trinajstić information content (AvgIpc) is 3.01. The number of rotatable bonds is 6. The summed E-state index contributed by atoms with van der Waals surface area (Å²) in [4.78, 5) is 2.28. The number of hydrogen-bond acceptors (Lipinski definition) is 3. The Morgan fingerprint density at radius 3 is 2.42 bits per heavy atom. The molecule has 0 bridgehead atoms. The van der Waals surface area contributed by atoms with Crippen molar-refractivity contribution in [2.75, 3.05) is 13.1 Å². The van der Waals surface area contributed by atoms with Crippen LogP contribution in [0.15, 0.2) is 66.1 Å². The largest absolute Gasteiger partial charge is 0.297 e. The van der Waals surface area contributed by atoms with E-state index in [1.807, 2.05) is 48.5 Å². The number of likely N-dealkylation sites (tertiary alicyclic amines) is 1. The van der Waals surface area contributed by atoms with Crippen molar-refractivity contribution in [2.45, 2.75) is 19.0 Å². The Balaban J connectivity index is 1.53. The fraction of sp³-hybridized carbons (Fsp3) is 0.263. The molecule has 0 unspecified atom stereocenters. The second-order valence-electron chi connectivity index (χ2n) is 6.08.